The van der Waals surface area contributed by atoms with Gasteiger partial charge in [0.1, 0.15) is 6.29 Å². The van der Waals surface area contributed by atoms with Crippen LogP contribution in [-0.4, -0.2) is 6.29 Å². The van der Waals surface area contributed by atoms with Crippen molar-refractivity contribution in [2.24, 2.45) is 0 Å². The first-order chi connectivity index (χ1) is 15.7. The number of aldehydes is 1. The van der Waals surface area contributed by atoms with Crippen LogP contribution in [0.1, 0.15) is 125 Å². The molecule has 3 rings (SSSR count). The first kappa shape index (κ1) is 25.5. The molecule has 32 heavy (non-hydrogen) atoms. The quantitative estimate of drug-likeness (QED) is 0.124. The number of hydrogen-bond acceptors (Lipinski definition) is 1. The van der Waals surface area contributed by atoms with Gasteiger partial charge in [-0.15, -0.1) is 0 Å². The Bertz CT molecular complexity index is 853. The van der Waals surface area contributed by atoms with Crippen LogP contribution < -0.4 is 0 Å². The second-order valence-corrected chi connectivity index (χ2v) is 11.0. The molecule has 0 saturated heterocycles. The molecule has 2 aromatic rings. The van der Waals surface area contributed by atoms with Gasteiger partial charge in [0.25, 0.3) is 0 Å². The Morgan fingerprint density at radius 1 is 0.688 bits per heavy atom. The Balaban J connectivity index is 1.89. The van der Waals surface area contributed by atoms with Crippen molar-refractivity contribution in [2.75, 3.05) is 0 Å². The number of carbonyl (C=O) groups excluding carboxylic acids is 1. The Morgan fingerprint density at radius 2 is 1.19 bits per heavy atom. The van der Waals surface area contributed by atoms with Crippen molar-refractivity contribution in [3.63, 3.8) is 0 Å². The molecule has 0 unspecified atom stereocenters. The standard InChI is InChI=1S/C30H41IO/c1-3-5-7-9-11-13-19-30(20-14-12-10-8-6-4-2)28-21-24(23-32)15-17-26(28)27-18-16-25(31)22-29(27)30/h15-18,21-23H,3-14,19-20H2,1-2H3. The lowest BCUT2D eigenvalue weighted by molar-refractivity contribution is 0.112. The van der Waals surface area contributed by atoms with E-state index in [2.05, 4.69) is 66.8 Å². The highest BCUT2D eigenvalue weighted by molar-refractivity contribution is 14.1. The molecule has 0 amide bonds. The maximum absolute atomic E-state index is 11.7. The summed E-state index contributed by atoms with van der Waals surface area (Å²) < 4.78 is 1.32. The molecule has 0 saturated carbocycles. The van der Waals surface area contributed by atoms with E-state index in [0.29, 0.717) is 0 Å². The Hall–Kier alpha value is -1.16. The molecule has 1 aliphatic rings. The summed E-state index contributed by atoms with van der Waals surface area (Å²) in [5, 5.41) is 0. The van der Waals surface area contributed by atoms with Crippen LogP contribution in [0.15, 0.2) is 36.4 Å². The van der Waals surface area contributed by atoms with Gasteiger partial charge in [-0.1, -0.05) is 109 Å². The van der Waals surface area contributed by atoms with Gasteiger partial charge >= 0.3 is 0 Å². The molecule has 0 bridgehead atoms. The lowest BCUT2D eigenvalue weighted by Gasteiger charge is -2.33. The van der Waals surface area contributed by atoms with Crippen molar-refractivity contribution >= 4 is 28.9 Å². The molecule has 0 N–H and O–H groups in total. The second-order valence-electron chi connectivity index (χ2n) is 9.73. The van der Waals surface area contributed by atoms with Gasteiger partial charge in [0.15, 0.2) is 0 Å². The summed E-state index contributed by atoms with van der Waals surface area (Å²) in [4.78, 5) is 11.7. The van der Waals surface area contributed by atoms with Gasteiger partial charge in [-0.2, -0.15) is 0 Å². The third-order valence-electron chi connectivity index (χ3n) is 7.40. The van der Waals surface area contributed by atoms with Gasteiger partial charge in [0.2, 0.25) is 0 Å². The molecule has 2 heteroatoms. The van der Waals surface area contributed by atoms with Crippen molar-refractivity contribution < 1.29 is 4.79 Å². The monoisotopic (exact) mass is 544 g/mol. The number of halogens is 1. The third kappa shape index (κ3) is 6.04. The maximum atomic E-state index is 11.7. The van der Waals surface area contributed by atoms with E-state index in [-0.39, 0.29) is 5.41 Å². The van der Waals surface area contributed by atoms with Crippen LogP contribution in [0, 0.1) is 3.57 Å². The highest BCUT2D eigenvalue weighted by Crippen LogP contribution is 2.54. The third-order valence-corrected chi connectivity index (χ3v) is 8.07. The zero-order valence-electron chi connectivity index (χ0n) is 20.2. The van der Waals surface area contributed by atoms with Crippen LogP contribution in [0.5, 0.6) is 0 Å². The van der Waals surface area contributed by atoms with Gasteiger partial charge in [-0.05, 0) is 75.9 Å². The summed E-state index contributed by atoms with van der Waals surface area (Å²) in [6.45, 7) is 4.57. The van der Waals surface area contributed by atoms with Gasteiger partial charge in [0, 0.05) is 14.5 Å². The number of benzene rings is 2. The first-order valence-corrected chi connectivity index (χ1v) is 14.1. The van der Waals surface area contributed by atoms with Gasteiger partial charge in [-0.25, -0.2) is 0 Å². The fourth-order valence-electron chi connectivity index (χ4n) is 5.64. The molecule has 0 aliphatic heterocycles. The molecule has 0 radical (unpaired) electrons. The van der Waals surface area contributed by atoms with Crippen LogP contribution in [0.4, 0.5) is 0 Å². The molecule has 1 nitrogen and oxygen atoms in total. The van der Waals surface area contributed by atoms with Crippen molar-refractivity contribution in [1.29, 1.82) is 0 Å². The molecular formula is C30H41IO. The van der Waals surface area contributed by atoms with Crippen molar-refractivity contribution in [3.8, 4) is 11.1 Å². The Morgan fingerprint density at radius 3 is 1.75 bits per heavy atom. The fraction of sp³-hybridized carbons (Fsp3) is 0.567. The molecule has 0 spiro atoms. The van der Waals surface area contributed by atoms with E-state index >= 15 is 0 Å². The van der Waals surface area contributed by atoms with Crippen LogP contribution in [-0.2, 0) is 5.41 Å². The van der Waals surface area contributed by atoms with E-state index in [1.807, 2.05) is 6.07 Å². The number of fused-ring (bicyclic) bond motifs is 3. The molecule has 0 aromatic heterocycles. The minimum atomic E-state index is 0.0698. The van der Waals surface area contributed by atoms with Crippen molar-refractivity contribution in [1.82, 2.24) is 0 Å². The molecule has 0 atom stereocenters. The number of unbranched alkanes of at least 4 members (excludes halogenated alkanes) is 10. The summed E-state index contributed by atoms with van der Waals surface area (Å²) in [5.41, 5.74) is 6.58. The number of hydrogen-bond donors (Lipinski definition) is 0. The molecule has 1 aliphatic carbocycles. The summed E-state index contributed by atoms with van der Waals surface area (Å²) in [5.74, 6) is 0. The SMILES string of the molecule is CCCCCCCCC1(CCCCCCCC)c2cc(I)ccc2-c2ccc(C=O)cc21. The molecule has 0 fully saturated rings. The topological polar surface area (TPSA) is 17.1 Å². The summed E-state index contributed by atoms with van der Waals surface area (Å²) in [6, 6.07) is 13.4. The van der Waals surface area contributed by atoms with Crippen LogP contribution >= 0.6 is 22.6 Å². The van der Waals surface area contributed by atoms with E-state index in [1.165, 1.54) is 116 Å². The van der Waals surface area contributed by atoms with Gasteiger partial charge in [-0.3, -0.25) is 4.79 Å². The van der Waals surface area contributed by atoms with Crippen molar-refractivity contribution in [3.05, 3.63) is 56.7 Å². The smallest absolute Gasteiger partial charge is 0.150 e. The van der Waals surface area contributed by atoms with Crippen molar-refractivity contribution in [2.45, 2.75) is 109 Å². The normalized spacial score (nSPS) is 13.7. The minimum absolute atomic E-state index is 0.0698. The second kappa shape index (κ2) is 12.9. The summed E-state index contributed by atoms with van der Waals surface area (Å²) in [7, 11) is 0. The van der Waals surface area contributed by atoms with Gasteiger partial charge < -0.3 is 0 Å². The zero-order chi connectivity index (χ0) is 22.8. The van der Waals surface area contributed by atoms with Crippen LogP contribution in [0.3, 0.4) is 0 Å². The molecule has 2 aromatic carbocycles. The predicted molar refractivity (Wildman–Crippen MR) is 147 cm³/mol. The maximum Gasteiger partial charge on any atom is 0.150 e. The van der Waals surface area contributed by atoms with E-state index in [1.54, 1.807) is 0 Å². The Labute approximate surface area is 209 Å². The molecule has 0 heterocycles. The largest absolute Gasteiger partial charge is 0.298 e. The van der Waals surface area contributed by atoms with Gasteiger partial charge in [0.05, 0.1) is 0 Å². The lowest BCUT2D eigenvalue weighted by atomic mass is 9.70. The summed E-state index contributed by atoms with van der Waals surface area (Å²) >= 11 is 2.47. The highest BCUT2D eigenvalue weighted by Gasteiger charge is 2.42. The average molecular weight is 545 g/mol. The van der Waals surface area contributed by atoms with Crippen LogP contribution in [0.2, 0.25) is 0 Å². The molecular weight excluding hydrogens is 503 g/mol. The van der Waals surface area contributed by atoms with E-state index in [9.17, 15) is 4.79 Å². The highest BCUT2D eigenvalue weighted by atomic mass is 127. The predicted octanol–water partition coefficient (Wildman–Crippen LogP) is 9.87. The van der Waals surface area contributed by atoms with E-state index < -0.39 is 0 Å². The Kier molecular flexibility index (Phi) is 10.3. The van der Waals surface area contributed by atoms with Crippen LogP contribution in [0.25, 0.3) is 11.1 Å². The van der Waals surface area contributed by atoms with E-state index in [4.69, 9.17) is 0 Å². The summed E-state index contributed by atoms with van der Waals surface area (Å²) in [6.07, 6.45) is 19.4. The average Bonchev–Trinajstić information content (AvgIpc) is 3.07. The number of rotatable bonds is 15. The fourth-order valence-corrected chi connectivity index (χ4v) is 6.13. The zero-order valence-corrected chi connectivity index (χ0v) is 22.4. The lowest BCUT2D eigenvalue weighted by Crippen LogP contribution is -2.26. The molecule has 174 valence electrons. The first-order valence-electron chi connectivity index (χ1n) is 13.1. The minimum Gasteiger partial charge on any atom is -0.298 e. The number of carbonyl (C=O) groups is 1. The van der Waals surface area contributed by atoms with E-state index in [0.717, 1.165) is 11.8 Å².